The molecule has 49 heavy (non-hydrogen) atoms. The lowest BCUT2D eigenvalue weighted by Crippen LogP contribution is -2.58. The number of nitrogens with zero attached hydrogens (tertiary/aromatic N) is 2. The fourth-order valence-electron chi connectivity index (χ4n) is 7.49. The first-order valence-electron chi connectivity index (χ1n) is 17.7. The van der Waals surface area contributed by atoms with Gasteiger partial charge in [-0.3, -0.25) is 19.1 Å². The van der Waals surface area contributed by atoms with Crippen molar-refractivity contribution in [3.63, 3.8) is 0 Å². The molecule has 13 nitrogen and oxygen atoms in total. The SMILES string of the molecule is CCOP(=O)(O)[C@@]1(NC(=O)[C@@H]2C[C@@H]3CN2C(=O)[C@H](C(C)(C)C)NC(=O)OC[C@@H](C)CCCCc2cccc4c2CN(C4)C(=O)O3)C[C@@H]1CC. The summed E-state index contributed by atoms with van der Waals surface area (Å²) >= 11 is 0. The van der Waals surface area contributed by atoms with Crippen LogP contribution in [0, 0.1) is 17.3 Å². The van der Waals surface area contributed by atoms with Gasteiger partial charge in [-0.2, -0.15) is 0 Å². The lowest BCUT2D eigenvalue weighted by atomic mass is 9.85. The van der Waals surface area contributed by atoms with Crippen molar-refractivity contribution in [2.45, 2.75) is 123 Å². The van der Waals surface area contributed by atoms with Crippen molar-refractivity contribution in [2.75, 3.05) is 19.8 Å². The average molecular weight is 705 g/mol. The minimum Gasteiger partial charge on any atom is -0.449 e. The van der Waals surface area contributed by atoms with Gasteiger partial charge in [-0.25, -0.2) is 9.59 Å². The number of hydrogen-bond acceptors (Lipinski definition) is 8. The molecule has 4 amide bonds. The summed E-state index contributed by atoms with van der Waals surface area (Å²) in [6.45, 7) is 11.8. The van der Waals surface area contributed by atoms with E-state index in [2.05, 4.69) is 16.7 Å². The number of aryl methyl sites for hydroxylation is 1. The monoisotopic (exact) mass is 704 g/mol. The van der Waals surface area contributed by atoms with E-state index in [1.165, 1.54) is 10.5 Å². The topological polar surface area (TPSA) is 164 Å². The summed E-state index contributed by atoms with van der Waals surface area (Å²) in [5.74, 6) is -1.35. The third-order valence-electron chi connectivity index (χ3n) is 10.4. The van der Waals surface area contributed by atoms with E-state index in [0.29, 0.717) is 19.5 Å². The van der Waals surface area contributed by atoms with E-state index in [1.807, 2.05) is 26.0 Å². The Morgan fingerprint density at radius 1 is 1.16 bits per heavy atom. The van der Waals surface area contributed by atoms with E-state index in [4.69, 9.17) is 14.0 Å². The summed E-state index contributed by atoms with van der Waals surface area (Å²) in [7, 11) is -4.26. The van der Waals surface area contributed by atoms with Crippen molar-refractivity contribution >= 4 is 31.6 Å². The summed E-state index contributed by atoms with van der Waals surface area (Å²) in [6, 6.07) is 3.91. The zero-order chi connectivity index (χ0) is 35.7. The second-order valence-corrected chi connectivity index (χ2v) is 17.3. The molecule has 1 unspecified atom stereocenters. The van der Waals surface area contributed by atoms with Gasteiger partial charge in [-0.05, 0) is 66.5 Å². The van der Waals surface area contributed by atoms with Crippen LogP contribution < -0.4 is 10.6 Å². The highest BCUT2D eigenvalue weighted by Gasteiger charge is 2.67. The summed E-state index contributed by atoms with van der Waals surface area (Å²) in [6.07, 6.45) is 2.30. The van der Waals surface area contributed by atoms with Gasteiger partial charge in [0, 0.05) is 19.5 Å². The van der Waals surface area contributed by atoms with Crippen molar-refractivity contribution in [1.82, 2.24) is 20.4 Å². The lowest BCUT2D eigenvalue weighted by molar-refractivity contribution is -0.142. The molecule has 3 N–H and O–H groups in total. The number of alkyl carbamates (subject to hydrolysis) is 1. The van der Waals surface area contributed by atoms with Gasteiger partial charge in [0.25, 0.3) is 0 Å². The number of fused-ring (bicyclic) bond motifs is 3. The number of ether oxygens (including phenoxy) is 2. The van der Waals surface area contributed by atoms with Crippen LogP contribution in [0.1, 0.15) is 96.8 Å². The zero-order valence-corrected chi connectivity index (χ0v) is 30.6. The van der Waals surface area contributed by atoms with Crippen LogP contribution in [0.5, 0.6) is 0 Å². The molecular weight excluding hydrogens is 651 g/mol. The van der Waals surface area contributed by atoms with Crippen molar-refractivity contribution in [2.24, 2.45) is 17.3 Å². The van der Waals surface area contributed by atoms with Crippen LogP contribution in [0.3, 0.4) is 0 Å². The van der Waals surface area contributed by atoms with E-state index in [9.17, 15) is 28.6 Å². The van der Waals surface area contributed by atoms with E-state index in [1.54, 1.807) is 32.6 Å². The molecular formula is C35H53N4O9P. The number of rotatable bonds is 6. The van der Waals surface area contributed by atoms with Crippen molar-refractivity contribution < 1.29 is 42.6 Å². The number of hydrogen-bond donors (Lipinski definition) is 3. The largest absolute Gasteiger partial charge is 0.449 e. The van der Waals surface area contributed by atoms with Gasteiger partial charge < -0.3 is 34.4 Å². The van der Waals surface area contributed by atoms with Crippen LogP contribution in [0.25, 0.3) is 0 Å². The van der Waals surface area contributed by atoms with Crippen LogP contribution in [-0.2, 0) is 47.7 Å². The van der Waals surface area contributed by atoms with Crippen molar-refractivity contribution in [1.29, 1.82) is 0 Å². The van der Waals surface area contributed by atoms with Gasteiger partial charge in [0.15, 0.2) is 0 Å². The molecule has 1 saturated carbocycles. The minimum atomic E-state index is -4.26. The molecule has 3 aliphatic heterocycles. The highest BCUT2D eigenvalue weighted by molar-refractivity contribution is 7.55. The number of benzene rings is 1. The Morgan fingerprint density at radius 2 is 1.90 bits per heavy atom. The molecule has 14 heteroatoms. The molecule has 1 saturated heterocycles. The maximum absolute atomic E-state index is 14.4. The predicted molar refractivity (Wildman–Crippen MR) is 181 cm³/mol. The standard InChI is InChI=1S/C35H53N4O9P/c1-7-25-17-35(25,49(44,45)47-8-2)37-30(40)28-16-26-19-39(28)31(41)29(34(4,5)6)36-32(42)46-21-22(3)12-9-10-13-23-14-11-15-24-18-38(20-27(23)24)33(43)48-26/h11,14-15,22,25-26,28-29H,7-10,12-13,16-21H2,1-6H3,(H,36,42)(H,37,40)(H,44,45)/t22-,25-,26+,28-,29+,35-/m0/s1. The fraction of sp³-hybridized carbons (Fsp3) is 0.714. The molecule has 7 atom stereocenters. The lowest BCUT2D eigenvalue weighted by Gasteiger charge is -2.35. The molecule has 5 rings (SSSR count). The van der Waals surface area contributed by atoms with Crippen LogP contribution >= 0.6 is 7.60 Å². The third-order valence-corrected chi connectivity index (χ3v) is 12.7. The van der Waals surface area contributed by atoms with Crippen molar-refractivity contribution in [3.05, 3.63) is 34.9 Å². The summed E-state index contributed by atoms with van der Waals surface area (Å²) in [5.41, 5.74) is 2.61. The van der Waals surface area contributed by atoms with E-state index in [-0.39, 0.29) is 44.4 Å². The fourth-order valence-corrected chi connectivity index (χ4v) is 9.41. The molecule has 272 valence electrons. The van der Waals surface area contributed by atoms with Crippen LogP contribution in [0.15, 0.2) is 18.2 Å². The van der Waals surface area contributed by atoms with Gasteiger partial charge in [0.1, 0.15) is 23.5 Å². The van der Waals surface area contributed by atoms with E-state index < -0.39 is 60.5 Å². The van der Waals surface area contributed by atoms with Gasteiger partial charge in [0.2, 0.25) is 11.8 Å². The second-order valence-electron chi connectivity index (χ2n) is 15.2. The molecule has 0 radical (unpaired) electrons. The Labute approximate surface area is 289 Å². The molecule has 1 aromatic carbocycles. The number of carbonyl (C=O) groups is 4. The maximum Gasteiger partial charge on any atom is 0.410 e. The molecule has 3 heterocycles. The Balaban J connectivity index is 1.44. The molecule has 4 aliphatic rings. The molecule has 1 aromatic rings. The van der Waals surface area contributed by atoms with Crippen LogP contribution in [0.2, 0.25) is 0 Å². The Hall–Kier alpha value is -3.15. The van der Waals surface area contributed by atoms with Gasteiger partial charge >= 0.3 is 19.8 Å². The molecule has 0 spiro atoms. The first kappa shape index (κ1) is 37.1. The third kappa shape index (κ3) is 7.94. The summed E-state index contributed by atoms with van der Waals surface area (Å²) < 4.78 is 30.1. The Kier molecular flexibility index (Phi) is 11.1. The number of nitrogens with one attached hydrogen (secondary N) is 2. The smallest absolute Gasteiger partial charge is 0.410 e. The number of amides is 4. The summed E-state index contributed by atoms with van der Waals surface area (Å²) in [5, 5.41) is 4.08. The highest BCUT2D eigenvalue weighted by atomic mass is 31.2. The normalized spacial score (nSPS) is 30.9. The number of cyclic esters (lactones) is 1. The first-order valence-corrected chi connectivity index (χ1v) is 19.3. The quantitative estimate of drug-likeness (QED) is 0.343. The van der Waals surface area contributed by atoms with E-state index in [0.717, 1.165) is 36.8 Å². The molecule has 0 aromatic heterocycles. The summed E-state index contributed by atoms with van der Waals surface area (Å²) in [4.78, 5) is 68.9. The van der Waals surface area contributed by atoms with Gasteiger partial charge in [-0.15, -0.1) is 0 Å². The maximum atomic E-state index is 14.4. The Morgan fingerprint density at radius 3 is 2.57 bits per heavy atom. The van der Waals surface area contributed by atoms with Gasteiger partial charge in [-0.1, -0.05) is 65.7 Å². The first-order chi connectivity index (χ1) is 23.1. The van der Waals surface area contributed by atoms with Crippen LogP contribution in [0.4, 0.5) is 9.59 Å². The second kappa shape index (κ2) is 14.6. The highest BCUT2D eigenvalue weighted by Crippen LogP contribution is 2.70. The minimum absolute atomic E-state index is 0.0103. The number of carbonyl (C=O) groups excluding carboxylic acids is 4. The predicted octanol–water partition coefficient (Wildman–Crippen LogP) is 5.08. The van der Waals surface area contributed by atoms with Crippen LogP contribution in [-0.4, -0.2) is 81.9 Å². The van der Waals surface area contributed by atoms with Crippen molar-refractivity contribution in [3.8, 4) is 0 Å². The molecule has 2 fully saturated rings. The zero-order valence-electron chi connectivity index (χ0n) is 29.7. The Bertz CT molecular complexity index is 1480. The molecule has 1 aliphatic carbocycles. The molecule has 4 bridgehead atoms. The van der Waals surface area contributed by atoms with E-state index >= 15 is 0 Å². The van der Waals surface area contributed by atoms with Gasteiger partial charge in [0.05, 0.1) is 19.8 Å². The average Bonchev–Trinajstić information content (AvgIpc) is 3.35.